The quantitative estimate of drug-likeness (QED) is 0.853. The van der Waals surface area contributed by atoms with E-state index < -0.39 is 0 Å². The van der Waals surface area contributed by atoms with Crippen molar-refractivity contribution in [3.05, 3.63) is 23.7 Å². The average Bonchev–Trinajstić information content (AvgIpc) is 3.17. The summed E-state index contributed by atoms with van der Waals surface area (Å²) in [5.41, 5.74) is 1.30. The molecule has 2 fully saturated rings. The zero-order valence-electron chi connectivity index (χ0n) is 12.0. The predicted octanol–water partition coefficient (Wildman–Crippen LogP) is 3.15. The Morgan fingerprint density at radius 3 is 3.05 bits per heavy atom. The second-order valence-electron chi connectivity index (χ2n) is 6.23. The molecule has 1 aromatic rings. The highest BCUT2D eigenvalue weighted by atomic mass is 16.3. The summed E-state index contributed by atoms with van der Waals surface area (Å²) in [6.07, 6.45) is 8.67. The lowest BCUT2D eigenvalue weighted by Crippen LogP contribution is -2.34. The first-order chi connectivity index (χ1) is 9.33. The fourth-order valence-corrected chi connectivity index (χ4v) is 3.00. The maximum Gasteiger partial charge on any atom is 0.118 e. The SMILES string of the molecule is CCC1CCCN(Cc2cc(CNC3CC3)co2)C1. The fourth-order valence-electron chi connectivity index (χ4n) is 3.00. The van der Waals surface area contributed by atoms with Crippen LogP contribution in [0.25, 0.3) is 0 Å². The van der Waals surface area contributed by atoms with Crippen molar-refractivity contribution in [1.29, 1.82) is 0 Å². The predicted molar refractivity (Wildman–Crippen MR) is 76.9 cm³/mol. The first-order valence-electron chi connectivity index (χ1n) is 7.85. The number of hydrogen-bond acceptors (Lipinski definition) is 3. The van der Waals surface area contributed by atoms with E-state index >= 15 is 0 Å². The lowest BCUT2D eigenvalue weighted by atomic mass is 9.96. The monoisotopic (exact) mass is 262 g/mol. The van der Waals surface area contributed by atoms with Gasteiger partial charge in [-0.2, -0.15) is 0 Å². The van der Waals surface area contributed by atoms with E-state index in [4.69, 9.17) is 4.42 Å². The van der Waals surface area contributed by atoms with Crippen LogP contribution in [0.3, 0.4) is 0 Å². The molecule has 1 aliphatic heterocycles. The summed E-state index contributed by atoms with van der Waals surface area (Å²) in [4.78, 5) is 2.55. The Balaban J connectivity index is 1.48. The van der Waals surface area contributed by atoms with Gasteiger partial charge in [0.2, 0.25) is 0 Å². The van der Waals surface area contributed by atoms with Crippen LogP contribution in [-0.4, -0.2) is 24.0 Å². The number of hydrogen-bond donors (Lipinski definition) is 1. The minimum atomic E-state index is 0.769. The van der Waals surface area contributed by atoms with Gasteiger partial charge in [0, 0.05) is 24.7 Å². The smallest absolute Gasteiger partial charge is 0.118 e. The third-order valence-corrected chi connectivity index (χ3v) is 4.44. The van der Waals surface area contributed by atoms with Gasteiger partial charge in [-0.1, -0.05) is 13.3 Å². The zero-order chi connectivity index (χ0) is 13.1. The van der Waals surface area contributed by atoms with Gasteiger partial charge < -0.3 is 9.73 Å². The maximum absolute atomic E-state index is 5.71. The molecular formula is C16H26N2O. The van der Waals surface area contributed by atoms with Crippen LogP contribution < -0.4 is 5.32 Å². The van der Waals surface area contributed by atoms with Crippen molar-refractivity contribution in [3.63, 3.8) is 0 Å². The summed E-state index contributed by atoms with van der Waals surface area (Å²) in [5, 5.41) is 3.53. The summed E-state index contributed by atoms with van der Waals surface area (Å²) >= 11 is 0. The van der Waals surface area contributed by atoms with Crippen LogP contribution in [0.15, 0.2) is 16.7 Å². The highest BCUT2D eigenvalue weighted by Gasteiger charge is 2.21. The molecule has 106 valence electrons. The molecule has 1 atom stereocenters. The van der Waals surface area contributed by atoms with Crippen molar-refractivity contribution in [2.24, 2.45) is 5.92 Å². The molecule has 1 unspecified atom stereocenters. The fraction of sp³-hybridized carbons (Fsp3) is 0.750. The number of piperidine rings is 1. The molecule has 2 aliphatic rings. The molecule has 3 nitrogen and oxygen atoms in total. The van der Waals surface area contributed by atoms with Crippen LogP contribution >= 0.6 is 0 Å². The summed E-state index contributed by atoms with van der Waals surface area (Å²) in [6, 6.07) is 3.00. The first kappa shape index (κ1) is 13.2. The lowest BCUT2D eigenvalue weighted by Gasteiger charge is -2.31. The molecule has 2 heterocycles. The Kier molecular flexibility index (Phi) is 4.24. The van der Waals surface area contributed by atoms with Gasteiger partial charge in [0.05, 0.1) is 12.8 Å². The molecule has 3 heteroatoms. The molecular weight excluding hydrogens is 236 g/mol. The van der Waals surface area contributed by atoms with E-state index in [-0.39, 0.29) is 0 Å². The molecule has 1 saturated carbocycles. The van der Waals surface area contributed by atoms with Crippen molar-refractivity contribution in [3.8, 4) is 0 Å². The van der Waals surface area contributed by atoms with Crippen LogP contribution in [0, 0.1) is 5.92 Å². The molecule has 0 aromatic carbocycles. The second kappa shape index (κ2) is 6.10. The van der Waals surface area contributed by atoms with Crippen molar-refractivity contribution >= 4 is 0 Å². The molecule has 3 rings (SSSR count). The minimum Gasteiger partial charge on any atom is -0.468 e. The minimum absolute atomic E-state index is 0.769. The van der Waals surface area contributed by atoms with Crippen LogP contribution in [-0.2, 0) is 13.1 Å². The van der Waals surface area contributed by atoms with E-state index in [1.54, 1.807) is 0 Å². The van der Waals surface area contributed by atoms with Crippen molar-refractivity contribution in [1.82, 2.24) is 10.2 Å². The number of likely N-dealkylation sites (tertiary alicyclic amines) is 1. The van der Waals surface area contributed by atoms with Crippen molar-refractivity contribution in [2.75, 3.05) is 13.1 Å². The highest BCUT2D eigenvalue weighted by Crippen LogP contribution is 2.22. The summed E-state index contributed by atoms with van der Waals surface area (Å²) < 4.78 is 5.71. The topological polar surface area (TPSA) is 28.4 Å². The Bertz CT molecular complexity index is 397. The molecule has 0 amide bonds. The van der Waals surface area contributed by atoms with Gasteiger partial charge in [0.1, 0.15) is 5.76 Å². The third kappa shape index (κ3) is 3.83. The highest BCUT2D eigenvalue weighted by molar-refractivity contribution is 5.13. The largest absolute Gasteiger partial charge is 0.468 e. The van der Waals surface area contributed by atoms with Gasteiger partial charge in [0.15, 0.2) is 0 Å². The van der Waals surface area contributed by atoms with Crippen LogP contribution in [0.2, 0.25) is 0 Å². The van der Waals surface area contributed by atoms with Crippen molar-refractivity contribution < 1.29 is 4.42 Å². The molecule has 1 N–H and O–H groups in total. The van der Waals surface area contributed by atoms with E-state index in [2.05, 4.69) is 23.2 Å². The number of nitrogens with zero attached hydrogens (tertiary/aromatic N) is 1. The van der Waals surface area contributed by atoms with E-state index in [1.807, 2.05) is 6.26 Å². The molecule has 19 heavy (non-hydrogen) atoms. The third-order valence-electron chi connectivity index (χ3n) is 4.44. The van der Waals surface area contributed by atoms with E-state index in [1.165, 1.54) is 50.8 Å². The summed E-state index contributed by atoms with van der Waals surface area (Å²) in [5.74, 6) is 2.02. The van der Waals surface area contributed by atoms with Crippen LogP contribution in [0.5, 0.6) is 0 Å². The van der Waals surface area contributed by atoms with Gasteiger partial charge in [-0.05, 0) is 44.2 Å². The maximum atomic E-state index is 5.71. The van der Waals surface area contributed by atoms with Gasteiger partial charge in [0.25, 0.3) is 0 Å². The molecule has 0 spiro atoms. The Morgan fingerprint density at radius 2 is 2.26 bits per heavy atom. The van der Waals surface area contributed by atoms with Crippen LogP contribution in [0.1, 0.15) is 50.4 Å². The second-order valence-corrected chi connectivity index (χ2v) is 6.23. The van der Waals surface area contributed by atoms with Gasteiger partial charge >= 0.3 is 0 Å². The van der Waals surface area contributed by atoms with Crippen molar-refractivity contribution in [2.45, 2.75) is 58.2 Å². The summed E-state index contributed by atoms with van der Waals surface area (Å²) in [7, 11) is 0. The average molecular weight is 262 g/mol. The number of furan rings is 1. The number of rotatable bonds is 6. The Morgan fingerprint density at radius 1 is 1.37 bits per heavy atom. The normalized spacial score (nSPS) is 24.8. The molecule has 1 saturated heterocycles. The van der Waals surface area contributed by atoms with Gasteiger partial charge in [-0.15, -0.1) is 0 Å². The molecule has 1 aliphatic carbocycles. The Labute approximate surface area is 116 Å². The van der Waals surface area contributed by atoms with E-state index in [9.17, 15) is 0 Å². The van der Waals surface area contributed by atoms with E-state index in [0.29, 0.717) is 0 Å². The zero-order valence-corrected chi connectivity index (χ0v) is 12.0. The van der Waals surface area contributed by atoms with Gasteiger partial charge in [-0.3, -0.25) is 4.90 Å². The molecule has 0 radical (unpaired) electrons. The van der Waals surface area contributed by atoms with E-state index in [0.717, 1.165) is 30.8 Å². The Hall–Kier alpha value is -0.800. The van der Waals surface area contributed by atoms with Gasteiger partial charge in [-0.25, -0.2) is 0 Å². The summed E-state index contributed by atoms with van der Waals surface area (Å²) in [6.45, 7) is 6.73. The molecule has 1 aromatic heterocycles. The van der Waals surface area contributed by atoms with Crippen LogP contribution in [0.4, 0.5) is 0 Å². The molecule has 0 bridgehead atoms. The lowest BCUT2D eigenvalue weighted by molar-refractivity contribution is 0.154. The standard InChI is InChI=1S/C16H26N2O/c1-2-13-4-3-7-18(10-13)11-16-8-14(12-19-16)9-17-15-5-6-15/h8,12-13,15,17H,2-7,9-11H2,1H3. The first-order valence-corrected chi connectivity index (χ1v) is 7.85. The number of nitrogens with one attached hydrogen (secondary N) is 1.